The Morgan fingerprint density at radius 1 is 1.23 bits per heavy atom. The highest BCUT2D eigenvalue weighted by Gasteiger charge is 2.48. The molecule has 7 heteroatoms. The number of nitrogens with one attached hydrogen (secondary N) is 1. The smallest absolute Gasteiger partial charge is 0.225 e. The van der Waals surface area contributed by atoms with Gasteiger partial charge in [0.1, 0.15) is 0 Å². The van der Waals surface area contributed by atoms with Gasteiger partial charge in [-0.3, -0.25) is 9.48 Å². The zero-order valence-corrected chi connectivity index (χ0v) is 14.7. The van der Waals surface area contributed by atoms with Gasteiger partial charge in [-0.1, -0.05) is 6.07 Å². The predicted octanol–water partition coefficient (Wildman–Crippen LogP) is 1.66. The summed E-state index contributed by atoms with van der Waals surface area (Å²) in [4.78, 5) is 14.8. The number of aromatic nitrogens is 4. The van der Waals surface area contributed by atoms with Crippen molar-refractivity contribution in [1.29, 1.82) is 0 Å². The highest BCUT2D eigenvalue weighted by Crippen LogP contribution is 2.41. The van der Waals surface area contributed by atoms with Gasteiger partial charge < -0.3 is 10.2 Å². The van der Waals surface area contributed by atoms with Crippen LogP contribution in [0.5, 0.6) is 0 Å². The van der Waals surface area contributed by atoms with Gasteiger partial charge >= 0.3 is 0 Å². The lowest BCUT2D eigenvalue weighted by molar-refractivity contribution is -0.129. The van der Waals surface area contributed by atoms with Crippen LogP contribution in [0.25, 0.3) is 5.52 Å². The van der Waals surface area contributed by atoms with E-state index in [0.29, 0.717) is 19.0 Å². The zero-order valence-electron chi connectivity index (χ0n) is 14.7. The first-order chi connectivity index (χ1) is 12.7. The molecule has 3 aromatic heterocycles. The van der Waals surface area contributed by atoms with Gasteiger partial charge in [0, 0.05) is 50.1 Å². The van der Waals surface area contributed by atoms with E-state index in [1.54, 1.807) is 0 Å². The number of aryl methyl sites for hydroxylation is 1. The Kier molecular flexibility index (Phi) is 3.56. The second kappa shape index (κ2) is 5.95. The molecule has 1 saturated carbocycles. The summed E-state index contributed by atoms with van der Waals surface area (Å²) in [6, 6.07) is 8.61. The third kappa shape index (κ3) is 2.50. The second-order valence-electron chi connectivity index (χ2n) is 7.25. The van der Waals surface area contributed by atoms with Gasteiger partial charge in [-0.15, -0.1) is 0 Å². The van der Waals surface area contributed by atoms with Crippen LogP contribution in [0.3, 0.4) is 0 Å². The Morgan fingerprint density at radius 3 is 2.88 bits per heavy atom. The molecule has 0 radical (unpaired) electrons. The molecule has 0 spiro atoms. The monoisotopic (exact) mass is 350 g/mol. The molecular weight excluding hydrogens is 328 g/mol. The quantitative estimate of drug-likeness (QED) is 0.760. The number of carbonyl (C=O) groups is 1. The van der Waals surface area contributed by atoms with Crippen molar-refractivity contribution in [2.75, 3.05) is 0 Å². The molecule has 3 aromatic rings. The van der Waals surface area contributed by atoms with E-state index in [1.807, 2.05) is 53.0 Å². The molecule has 0 bridgehead atoms. The fraction of sp³-hybridized carbons (Fsp3) is 0.421. The van der Waals surface area contributed by atoms with Gasteiger partial charge in [-0.2, -0.15) is 10.2 Å². The molecule has 1 aliphatic heterocycles. The van der Waals surface area contributed by atoms with Crippen molar-refractivity contribution in [1.82, 2.24) is 29.6 Å². The number of hydrogen-bond donors (Lipinski definition) is 1. The lowest BCUT2D eigenvalue weighted by Gasteiger charge is -2.29. The maximum Gasteiger partial charge on any atom is 0.225 e. The van der Waals surface area contributed by atoms with E-state index in [1.165, 1.54) is 0 Å². The molecular formula is C19H22N6O. The van der Waals surface area contributed by atoms with Crippen LogP contribution in [-0.2, 0) is 18.4 Å². The summed E-state index contributed by atoms with van der Waals surface area (Å²) in [7, 11) is 1.95. The van der Waals surface area contributed by atoms with Gasteiger partial charge in [0.05, 0.1) is 23.4 Å². The molecule has 7 nitrogen and oxygen atoms in total. The Bertz CT molecular complexity index is 956. The second-order valence-corrected chi connectivity index (χ2v) is 7.25. The number of carbonyl (C=O) groups excluding carboxylic acids is 1. The highest BCUT2D eigenvalue weighted by atomic mass is 16.2. The predicted molar refractivity (Wildman–Crippen MR) is 96.3 cm³/mol. The molecule has 134 valence electrons. The largest absolute Gasteiger partial charge is 0.329 e. The topological polar surface area (TPSA) is 67.5 Å². The first kappa shape index (κ1) is 15.6. The van der Waals surface area contributed by atoms with Gasteiger partial charge in [0.25, 0.3) is 0 Å². The van der Waals surface area contributed by atoms with Crippen LogP contribution in [0.4, 0.5) is 0 Å². The molecule has 5 rings (SSSR count). The summed E-state index contributed by atoms with van der Waals surface area (Å²) in [5.41, 5.74) is 3.34. The average molecular weight is 350 g/mol. The van der Waals surface area contributed by atoms with Crippen LogP contribution in [0.1, 0.15) is 36.6 Å². The Labute approximate surface area is 151 Å². The summed E-state index contributed by atoms with van der Waals surface area (Å²) in [5, 5.41) is 12.4. The van der Waals surface area contributed by atoms with E-state index < -0.39 is 0 Å². The molecule has 0 aromatic carbocycles. The summed E-state index contributed by atoms with van der Waals surface area (Å²) in [6.07, 6.45) is 8.42. The minimum absolute atomic E-state index is 0.0457. The van der Waals surface area contributed by atoms with Crippen LogP contribution in [0.2, 0.25) is 0 Å². The summed E-state index contributed by atoms with van der Waals surface area (Å²) < 4.78 is 3.77. The fourth-order valence-electron chi connectivity index (χ4n) is 4.11. The molecule has 4 heterocycles. The van der Waals surface area contributed by atoms with Crippen LogP contribution in [-0.4, -0.2) is 42.3 Å². The molecule has 1 saturated heterocycles. The standard InChI is InChI=1S/C19H22N6O/c1-23-17(7-8-21-23)19-15(10-18(26)25(19)14-5-6-14)20-11-13-12-22-24-9-3-2-4-16(13)24/h2-4,7-9,12,14-15,19-20H,5-6,10-11H2,1H3/t15-,19-/m1/s1. The first-order valence-electron chi connectivity index (χ1n) is 9.16. The normalized spacial score (nSPS) is 23.3. The summed E-state index contributed by atoms with van der Waals surface area (Å²) >= 11 is 0. The van der Waals surface area contributed by atoms with E-state index in [9.17, 15) is 4.79 Å². The maximum atomic E-state index is 12.7. The molecule has 1 aliphatic carbocycles. The first-order valence-corrected chi connectivity index (χ1v) is 9.16. The zero-order chi connectivity index (χ0) is 17.7. The minimum Gasteiger partial charge on any atom is -0.329 e. The fourth-order valence-corrected chi connectivity index (χ4v) is 4.11. The van der Waals surface area contributed by atoms with Crippen molar-refractivity contribution in [3.63, 3.8) is 0 Å². The van der Waals surface area contributed by atoms with Crippen LogP contribution < -0.4 is 5.32 Å². The average Bonchev–Trinajstić information content (AvgIpc) is 3.11. The molecule has 26 heavy (non-hydrogen) atoms. The maximum absolute atomic E-state index is 12.7. The Morgan fingerprint density at radius 2 is 2.12 bits per heavy atom. The highest BCUT2D eigenvalue weighted by molar-refractivity contribution is 5.81. The van der Waals surface area contributed by atoms with Gasteiger partial charge in [-0.25, -0.2) is 4.52 Å². The molecule has 1 N–H and O–H groups in total. The molecule has 0 unspecified atom stereocenters. The van der Waals surface area contributed by atoms with E-state index in [2.05, 4.69) is 26.5 Å². The van der Waals surface area contributed by atoms with E-state index >= 15 is 0 Å². The van der Waals surface area contributed by atoms with Gasteiger partial charge in [-0.05, 0) is 31.0 Å². The number of amides is 1. The van der Waals surface area contributed by atoms with Crippen LogP contribution in [0.15, 0.2) is 42.9 Å². The molecule has 2 atom stereocenters. The van der Waals surface area contributed by atoms with Crippen molar-refractivity contribution in [2.24, 2.45) is 7.05 Å². The Hall–Kier alpha value is -2.67. The number of hydrogen-bond acceptors (Lipinski definition) is 4. The minimum atomic E-state index is 0.0457. The van der Waals surface area contributed by atoms with Crippen LogP contribution in [0, 0.1) is 0 Å². The van der Waals surface area contributed by atoms with Crippen molar-refractivity contribution in [3.05, 3.63) is 54.1 Å². The molecule has 1 amide bonds. The van der Waals surface area contributed by atoms with E-state index in [0.717, 1.165) is 29.6 Å². The summed E-state index contributed by atoms with van der Waals surface area (Å²) in [6.45, 7) is 0.693. The van der Waals surface area contributed by atoms with Crippen molar-refractivity contribution < 1.29 is 4.79 Å². The third-order valence-corrected chi connectivity index (χ3v) is 5.53. The van der Waals surface area contributed by atoms with Crippen LogP contribution >= 0.6 is 0 Å². The lowest BCUT2D eigenvalue weighted by atomic mass is 10.0. The van der Waals surface area contributed by atoms with Crippen molar-refractivity contribution in [3.8, 4) is 0 Å². The SMILES string of the molecule is Cn1nccc1[C@H]1[C@H](NCc2cnn3ccccc23)CC(=O)N1C1CC1. The number of fused-ring (bicyclic) bond motifs is 1. The number of rotatable bonds is 5. The van der Waals surface area contributed by atoms with E-state index in [4.69, 9.17) is 0 Å². The number of likely N-dealkylation sites (tertiary alicyclic amines) is 1. The van der Waals surface area contributed by atoms with Gasteiger partial charge in [0.2, 0.25) is 5.91 Å². The molecule has 2 aliphatic rings. The van der Waals surface area contributed by atoms with Crippen molar-refractivity contribution in [2.45, 2.75) is 43.9 Å². The van der Waals surface area contributed by atoms with E-state index in [-0.39, 0.29) is 18.0 Å². The Balaban J connectivity index is 1.41. The number of nitrogens with zero attached hydrogens (tertiary/aromatic N) is 5. The van der Waals surface area contributed by atoms with Gasteiger partial charge in [0.15, 0.2) is 0 Å². The van der Waals surface area contributed by atoms with Crippen molar-refractivity contribution >= 4 is 11.4 Å². The lowest BCUT2D eigenvalue weighted by Crippen LogP contribution is -2.38. The number of pyridine rings is 1. The third-order valence-electron chi connectivity index (χ3n) is 5.53. The summed E-state index contributed by atoms with van der Waals surface area (Å²) in [5.74, 6) is 0.246. The molecule has 2 fully saturated rings.